The van der Waals surface area contributed by atoms with Gasteiger partial charge in [0.15, 0.2) is 0 Å². The first-order valence-electron chi connectivity index (χ1n) is 10.1. The minimum atomic E-state index is -0.275. The molecule has 4 rings (SSSR count). The van der Waals surface area contributed by atoms with Gasteiger partial charge in [0.25, 0.3) is 5.56 Å². The summed E-state index contributed by atoms with van der Waals surface area (Å²) >= 11 is 1.65. The lowest BCUT2D eigenvalue weighted by Gasteiger charge is -2.20. The fourth-order valence-electron chi connectivity index (χ4n) is 3.86. The summed E-state index contributed by atoms with van der Waals surface area (Å²) in [6, 6.07) is 15.3. The van der Waals surface area contributed by atoms with Crippen molar-refractivity contribution < 1.29 is 9.53 Å². The molecule has 7 heteroatoms. The van der Waals surface area contributed by atoms with Crippen LogP contribution in [0.4, 0.5) is 10.5 Å². The van der Waals surface area contributed by atoms with E-state index < -0.39 is 0 Å². The van der Waals surface area contributed by atoms with Crippen LogP contribution >= 0.6 is 11.8 Å². The van der Waals surface area contributed by atoms with E-state index in [2.05, 4.69) is 28.8 Å². The molecule has 2 N–H and O–H groups in total. The van der Waals surface area contributed by atoms with E-state index >= 15 is 0 Å². The first-order chi connectivity index (χ1) is 14.7. The third-order valence-electron chi connectivity index (χ3n) is 5.24. The summed E-state index contributed by atoms with van der Waals surface area (Å²) < 4.78 is 7.17. The second-order valence-corrected chi connectivity index (χ2v) is 8.32. The van der Waals surface area contributed by atoms with Crippen LogP contribution in [0.2, 0.25) is 0 Å². The Balaban J connectivity index is 1.31. The van der Waals surface area contributed by atoms with Crippen molar-refractivity contribution in [2.45, 2.75) is 25.1 Å². The number of benzene rings is 2. The molecule has 156 valence electrons. The zero-order chi connectivity index (χ0) is 20.9. The van der Waals surface area contributed by atoms with E-state index in [1.54, 1.807) is 31.0 Å². The molecule has 0 spiro atoms. The molecular weight excluding hydrogens is 398 g/mol. The SMILES string of the molecule is COc1ccccc1NC(=O)NCCSCc1cc2cccc3c2n(c1=O)CCC3. The number of carbonyl (C=O) groups is 1. The van der Waals surface area contributed by atoms with Crippen molar-refractivity contribution in [3.8, 4) is 5.75 Å². The number of rotatable bonds is 7. The number of hydrogen-bond donors (Lipinski definition) is 2. The Bertz CT molecular complexity index is 1130. The van der Waals surface area contributed by atoms with Gasteiger partial charge in [0.1, 0.15) is 5.75 Å². The third-order valence-corrected chi connectivity index (χ3v) is 6.25. The van der Waals surface area contributed by atoms with Gasteiger partial charge < -0.3 is 19.9 Å². The molecule has 3 aromatic rings. The lowest BCUT2D eigenvalue weighted by Crippen LogP contribution is -2.30. The predicted molar refractivity (Wildman–Crippen MR) is 123 cm³/mol. The fraction of sp³-hybridized carbons (Fsp3) is 0.304. The Hall–Kier alpha value is -2.93. The Labute approximate surface area is 179 Å². The quantitative estimate of drug-likeness (QED) is 0.563. The van der Waals surface area contributed by atoms with Crippen molar-refractivity contribution in [1.29, 1.82) is 0 Å². The summed E-state index contributed by atoms with van der Waals surface area (Å²) in [6.45, 7) is 1.30. The molecule has 0 fully saturated rings. The lowest BCUT2D eigenvalue weighted by atomic mass is 10.0. The molecule has 1 aromatic heterocycles. The highest BCUT2D eigenvalue weighted by atomic mass is 32.2. The Morgan fingerprint density at radius 1 is 1.20 bits per heavy atom. The molecule has 2 heterocycles. The van der Waals surface area contributed by atoms with Crippen LogP contribution in [-0.4, -0.2) is 30.0 Å². The second-order valence-electron chi connectivity index (χ2n) is 7.22. The highest BCUT2D eigenvalue weighted by molar-refractivity contribution is 7.98. The maximum absolute atomic E-state index is 12.9. The summed E-state index contributed by atoms with van der Waals surface area (Å²) in [5.41, 5.74) is 3.93. The zero-order valence-electron chi connectivity index (χ0n) is 16.9. The van der Waals surface area contributed by atoms with Gasteiger partial charge in [-0.1, -0.05) is 30.3 Å². The van der Waals surface area contributed by atoms with Gasteiger partial charge in [0.2, 0.25) is 0 Å². The topological polar surface area (TPSA) is 72.4 Å². The largest absolute Gasteiger partial charge is 0.495 e. The third kappa shape index (κ3) is 4.31. The zero-order valence-corrected chi connectivity index (χ0v) is 17.8. The van der Waals surface area contributed by atoms with Crippen LogP contribution in [0.1, 0.15) is 17.5 Å². The summed E-state index contributed by atoms with van der Waals surface area (Å²) in [6.07, 6.45) is 2.04. The van der Waals surface area contributed by atoms with E-state index in [0.29, 0.717) is 23.7 Å². The van der Waals surface area contributed by atoms with E-state index in [4.69, 9.17) is 4.74 Å². The number of urea groups is 1. The summed E-state index contributed by atoms with van der Waals surface area (Å²) in [5, 5.41) is 6.77. The number of nitrogens with zero attached hydrogens (tertiary/aromatic N) is 1. The number of amides is 2. The van der Waals surface area contributed by atoms with Gasteiger partial charge >= 0.3 is 6.03 Å². The number of aromatic nitrogens is 1. The monoisotopic (exact) mass is 423 g/mol. The van der Waals surface area contributed by atoms with Crippen LogP contribution in [0, 0.1) is 0 Å². The Morgan fingerprint density at radius 2 is 2.07 bits per heavy atom. The number of ether oxygens (including phenoxy) is 1. The number of nitrogens with one attached hydrogen (secondary N) is 2. The van der Waals surface area contributed by atoms with Crippen LogP contribution in [0.3, 0.4) is 0 Å². The smallest absolute Gasteiger partial charge is 0.319 e. The maximum atomic E-state index is 12.9. The molecule has 0 saturated carbocycles. The van der Waals surface area contributed by atoms with E-state index in [0.717, 1.165) is 41.6 Å². The first kappa shape index (κ1) is 20.3. The van der Waals surface area contributed by atoms with E-state index in [9.17, 15) is 9.59 Å². The number of pyridine rings is 1. The van der Waals surface area contributed by atoms with E-state index in [1.807, 2.05) is 22.8 Å². The van der Waals surface area contributed by atoms with Gasteiger partial charge in [-0.2, -0.15) is 11.8 Å². The molecule has 0 unspecified atom stereocenters. The molecule has 2 aromatic carbocycles. The molecule has 0 atom stereocenters. The number of para-hydroxylation sites is 3. The van der Waals surface area contributed by atoms with Crippen molar-refractivity contribution in [3.05, 3.63) is 70.0 Å². The van der Waals surface area contributed by atoms with Gasteiger partial charge in [-0.05, 0) is 42.0 Å². The van der Waals surface area contributed by atoms with Gasteiger partial charge in [0.05, 0.1) is 18.3 Å². The summed E-state index contributed by atoms with van der Waals surface area (Å²) in [7, 11) is 1.57. The average molecular weight is 424 g/mol. The molecule has 30 heavy (non-hydrogen) atoms. The van der Waals surface area contributed by atoms with Gasteiger partial charge in [0, 0.05) is 30.2 Å². The molecule has 0 bridgehead atoms. The van der Waals surface area contributed by atoms with Gasteiger partial charge in [-0.3, -0.25) is 4.79 Å². The molecular formula is C23H25N3O3S. The standard InChI is InChI=1S/C23H25N3O3S/c1-29-20-10-3-2-9-19(20)25-23(28)24-11-13-30-15-18-14-17-7-4-6-16-8-5-12-26(21(16)17)22(18)27/h2-4,6-7,9-10,14H,5,8,11-13,15H2,1H3,(H2,24,25,28). The predicted octanol–water partition coefficient (Wildman–Crippen LogP) is 4.01. The number of anilines is 1. The Morgan fingerprint density at radius 3 is 2.93 bits per heavy atom. The van der Waals surface area contributed by atoms with Crippen LogP contribution in [0.15, 0.2) is 53.3 Å². The minimum Gasteiger partial charge on any atom is -0.495 e. The molecule has 1 aliphatic rings. The normalized spacial score (nSPS) is 12.6. The molecule has 0 saturated heterocycles. The van der Waals surface area contributed by atoms with Crippen LogP contribution < -0.4 is 20.9 Å². The number of aryl methyl sites for hydroxylation is 2. The minimum absolute atomic E-state index is 0.115. The average Bonchev–Trinajstić information content (AvgIpc) is 2.77. The van der Waals surface area contributed by atoms with Crippen molar-refractivity contribution >= 4 is 34.4 Å². The number of methoxy groups -OCH3 is 1. The summed E-state index contributed by atoms with van der Waals surface area (Å²) in [4.78, 5) is 25.0. The van der Waals surface area contributed by atoms with Gasteiger partial charge in [-0.25, -0.2) is 4.79 Å². The van der Waals surface area contributed by atoms with E-state index in [1.165, 1.54) is 5.56 Å². The number of hydrogen-bond acceptors (Lipinski definition) is 4. The summed E-state index contributed by atoms with van der Waals surface area (Å²) in [5.74, 6) is 1.97. The van der Waals surface area contributed by atoms with Crippen molar-refractivity contribution in [3.63, 3.8) is 0 Å². The van der Waals surface area contributed by atoms with Crippen LogP contribution in [0.5, 0.6) is 5.75 Å². The van der Waals surface area contributed by atoms with Crippen molar-refractivity contribution in [2.75, 3.05) is 24.7 Å². The molecule has 0 aliphatic carbocycles. The highest BCUT2D eigenvalue weighted by Gasteiger charge is 2.16. The highest BCUT2D eigenvalue weighted by Crippen LogP contribution is 2.25. The fourth-order valence-corrected chi connectivity index (χ4v) is 4.68. The number of thioether (sulfide) groups is 1. The first-order valence-corrected chi connectivity index (χ1v) is 11.2. The molecule has 6 nitrogen and oxygen atoms in total. The molecule has 1 aliphatic heterocycles. The van der Waals surface area contributed by atoms with Crippen molar-refractivity contribution in [1.82, 2.24) is 9.88 Å². The Kier molecular flexibility index (Phi) is 6.28. The molecule has 2 amide bonds. The van der Waals surface area contributed by atoms with Crippen LogP contribution in [-0.2, 0) is 18.7 Å². The van der Waals surface area contributed by atoms with Gasteiger partial charge in [-0.15, -0.1) is 0 Å². The van der Waals surface area contributed by atoms with E-state index in [-0.39, 0.29) is 11.6 Å². The number of carbonyl (C=O) groups excluding carboxylic acids is 1. The lowest BCUT2D eigenvalue weighted by molar-refractivity contribution is 0.252. The maximum Gasteiger partial charge on any atom is 0.319 e. The second kappa shape index (κ2) is 9.26. The van der Waals surface area contributed by atoms with Crippen LogP contribution in [0.25, 0.3) is 10.9 Å². The van der Waals surface area contributed by atoms with Crippen molar-refractivity contribution in [2.24, 2.45) is 0 Å². The molecule has 0 radical (unpaired) electrons.